The summed E-state index contributed by atoms with van der Waals surface area (Å²) in [7, 11) is 3.32. The van der Waals surface area contributed by atoms with Crippen molar-refractivity contribution in [1.29, 1.82) is 0 Å². The number of ether oxygens (including phenoxy) is 1. The summed E-state index contributed by atoms with van der Waals surface area (Å²) in [5.74, 6) is 1.06. The minimum absolute atomic E-state index is 0. The minimum Gasteiger partial charge on any atom is -0.481 e. The molecule has 6 nitrogen and oxygen atoms in total. The zero-order valence-corrected chi connectivity index (χ0v) is 17.6. The highest BCUT2D eigenvalue weighted by molar-refractivity contribution is 14.0. The molecule has 0 aliphatic heterocycles. The van der Waals surface area contributed by atoms with Crippen LogP contribution in [0.1, 0.15) is 11.1 Å². The molecule has 27 heavy (non-hydrogen) atoms. The van der Waals surface area contributed by atoms with Gasteiger partial charge in [-0.2, -0.15) is 0 Å². The summed E-state index contributed by atoms with van der Waals surface area (Å²) in [6.07, 6.45) is 4.39. The maximum absolute atomic E-state index is 13.4. The third kappa shape index (κ3) is 5.56. The van der Waals surface area contributed by atoms with Crippen molar-refractivity contribution in [3.63, 3.8) is 0 Å². The molecule has 0 radical (unpaired) electrons. The Hall–Kier alpha value is -2.36. The fourth-order valence-corrected chi connectivity index (χ4v) is 2.75. The number of aromatic amines is 1. The van der Waals surface area contributed by atoms with E-state index in [1.165, 1.54) is 6.07 Å². The summed E-state index contributed by atoms with van der Waals surface area (Å²) in [6, 6.07) is 8.57. The molecule has 1 aromatic carbocycles. The van der Waals surface area contributed by atoms with E-state index >= 15 is 0 Å². The molecule has 0 aliphatic rings. The number of H-pyrrole nitrogens is 1. The molecule has 0 atom stereocenters. The average Bonchev–Trinajstić information content (AvgIpc) is 3.06. The van der Waals surface area contributed by atoms with E-state index in [2.05, 4.69) is 25.6 Å². The van der Waals surface area contributed by atoms with Gasteiger partial charge in [-0.1, -0.05) is 0 Å². The molecule has 0 bridgehead atoms. The van der Waals surface area contributed by atoms with Crippen LogP contribution in [0.3, 0.4) is 0 Å². The summed E-state index contributed by atoms with van der Waals surface area (Å²) in [5.41, 5.74) is 3.06. The van der Waals surface area contributed by atoms with Crippen LogP contribution >= 0.6 is 24.0 Å². The van der Waals surface area contributed by atoms with Gasteiger partial charge in [0.15, 0.2) is 5.96 Å². The number of halogens is 2. The number of aromatic nitrogens is 2. The maximum Gasteiger partial charge on any atom is 0.213 e. The molecule has 144 valence electrons. The fourth-order valence-electron chi connectivity index (χ4n) is 2.75. The molecule has 0 spiro atoms. The van der Waals surface area contributed by atoms with Gasteiger partial charge in [0, 0.05) is 49.5 Å². The van der Waals surface area contributed by atoms with Crippen LogP contribution in [0.25, 0.3) is 10.9 Å². The van der Waals surface area contributed by atoms with Gasteiger partial charge >= 0.3 is 0 Å². The lowest BCUT2D eigenvalue weighted by Crippen LogP contribution is -2.37. The molecule has 0 unspecified atom stereocenters. The van der Waals surface area contributed by atoms with Crippen molar-refractivity contribution in [2.24, 2.45) is 4.99 Å². The molecule has 3 rings (SSSR count). The molecule has 3 N–H and O–H groups in total. The molecule has 2 heterocycles. The molecule has 0 amide bonds. The quantitative estimate of drug-likeness (QED) is 0.286. The van der Waals surface area contributed by atoms with Crippen molar-refractivity contribution in [2.75, 3.05) is 20.7 Å². The number of nitrogens with one attached hydrogen (secondary N) is 3. The first-order chi connectivity index (χ1) is 12.7. The summed E-state index contributed by atoms with van der Waals surface area (Å²) in [5, 5.41) is 7.44. The van der Waals surface area contributed by atoms with Crippen LogP contribution in [0.5, 0.6) is 5.88 Å². The van der Waals surface area contributed by atoms with E-state index in [0.717, 1.165) is 28.5 Å². The SMILES string of the molecule is CN=C(NCCc1c[nH]c2ccc(F)cc12)NCc1ccnc(OC)c1.I. The Morgan fingerprint density at radius 3 is 2.89 bits per heavy atom. The Morgan fingerprint density at radius 1 is 1.26 bits per heavy atom. The monoisotopic (exact) mass is 483 g/mol. The van der Waals surface area contributed by atoms with Crippen molar-refractivity contribution in [3.8, 4) is 5.88 Å². The Bertz CT molecular complexity index is 912. The van der Waals surface area contributed by atoms with Crippen molar-refractivity contribution in [1.82, 2.24) is 20.6 Å². The van der Waals surface area contributed by atoms with Gasteiger partial charge in [-0.15, -0.1) is 24.0 Å². The van der Waals surface area contributed by atoms with Gasteiger partial charge in [-0.3, -0.25) is 4.99 Å². The number of guanidine groups is 1. The lowest BCUT2D eigenvalue weighted by molar-refractivity contribution is 0.397. The predicted octanol–water partition coefficient (Wildman–Crippen LogP) is 3.24. The van der Waals surface area contributed by atoms with Crippen LogP contribution in [0.4, 0.5) is 4.39 Å². The second kappa shape index (κ2) is 10.1. The van der Waals surface area contributed by atoms with Gasteiger partial charge in [0.1, 0.15) is 5.82 Å². The van der Waals surface area contributed by atoms with E-state index in [1.807, 2.05) is 18.3 Å². The normalized spacial score (nSPS) is 11.1. The lowest BCUT2D eigenvalue weighted by Gasteiger charge is -2.12. The second-order valence-electron chi connectivity index (χ2n) is 5.81. The standard InChI is InChI=1S/C19H22FN5O.HI/c1-21-19(25-11-13-5-7-22-18(9-13)26-2)23-8-6-14-12-24-17-4-3-15(20)10-16(14)17;/h3-5,7,9-10,12,24H,6,8,11H2,1-2H3,(H2,21,23,25);1H. The van der Waals surface area contributed by atoms with E-state index in [4.69, 9.17) is 4.74 Å². The van der Waals surface area contributed by atoms with Gasteiger partial charge in [0.05, 0.1) is 7.11 Å². The van der Waals surface area contributed by atoms with Crippen LogP contribution in [-0.2, 0) is 13.0 Å². The highest BCUT2D eigenvalue weighted by atomic mass is 127. The van der Waals surface area contributed by atoms with Crippen LogP contribution in [-0.4, -0.2) is 36.6 Å². The molecular formula is C19H23FIN5O. The van der Waals surface area contributed by atoms with Gasteiger partial charge in [0.2, 0.25) is 5.88 Å². The molecular weight excluding hydrogens is 460 g/mol. The van der Waals surface area contributed by atoms with Crippen LogP contribution in [0, 0.1) is 5.82 Å². The number of benzene rings is 1. The van der Waals surface area contributed by atoms with E-state index < -0.39 is 0 Å². The summed E-state index contributed by atoms with van der Waals surface area (Å²) >= 11 is 0. The maximum atomic E-state index is 13.4. The zero-order valence-electron chi connectivity index (χ0n) is 15.3. The van der Waals surface area contributed by atoms with Crippen molar-refractivity contribution in [2.45, 2.75) is 13.0 Å². The topological polar surface area (TPSA) is 74.3 Å². The molecule has 2 aromatic heterocycles. The van der Waals surface area contributed by atoms with Crippen molar-refractivity contribution in [3.05, 3.63) is 59.7 Å². The third-order valence-corrected chi connectivity index (χ3v) is 4.11. The minimum atomic E-state index is -0.225. The average molecular weight is 483 g/mol. The first kappa shape index (κ1) is 20.9. The first-order valence-corrected chi connectivity index (χ1v) is 8.38. The number of hydrogen-bond donors (Lipinski definition) is 3. The summed E-state index contributed by atoms with van der Waals surface area (Å²) in [6.45, 7) is 1.29. The highest BCUT2D eigenvalue weighted by Crippen LogP contribution is 2.19. The lowest BCUT2D eigenvalue weighted by atomic mass is 10.1. The van der Waals surface area contributed by atoms with Gasteiger partial charge in [0.25, 0.3) is 0 Å². The van der Waals surface area contributed by atoms with Crippen molar-refractivity contribution < 1.29 is 9.13 Å². The third-order valence-electron chi connectivity index (χ3n) is 4.11. The van der Waals surface area contributed by atoms with E-state index in [0.29, 0.717) is 24.9 Å². The largest absolute Gasteiger partial charge is 0.481 e. The number of methoxy groups -OCH3 is 1. The summed E-state index contributed by atoms with van der Waals surface area (Å²) < 4.78 is 18.6. The number of pyridine rings is 1. The zero-order chi connectivity index (χ0) is 18.4. The first-order valence-electron chi connectivity index (χ1n) is 8.38. The molecule has 0 fully saturated rings. The van der Waals surface area contributed by atoms with Gasteiger partial charge in [-0.25, -0.2) is 9.37 Å². The van der Waals surface area contributed by atoms with E-state index in [1.54, 1.807) is 32.5 Å². The van der Waals surface area contributed by atoms with Crippen LogP contribution < -0.4 is 15.4 Å². The summed E-state index contributed by atoms with van der Waals surface area (Å²) in [4.78, 5) is 11.5. The smallest absolute Gasteiger partial charge is 0.213 e. The Balaban J connectivity index is 0.00000261. The predicted molar refractivity (Wildman–Crippen MR) is 116 cm³/mol. The van der Waals surface area contributed by atoms with E-state index in [9.17, 15) is 4.39 Å². The highest BCUT2D eigenvalue weighted by Gasteiger charge is 2.06. The number of fused-ring (bicyclic) bond motifs is 1. The number of hydrogen-bond acceptors (Lipinski definition) is 3. The van der Waals surface area contributed by atoms with Crippen molar-refractivity contribution >= 4 is 40.8 Å². The molecule has 8 heteroatoms. The Morgan fingerprint density at radius 2 is 2.11 bits per heavy atom. The van der Waals surface area contributed by atoms with Gasteiger partial charge < -0.3 is 20.4 Å². The number of nitrogens with zero attached hydrogens (tertiary/aromatic N) is 2. The molecule has 0 saturated heterocycles. The number of rotatable bonds is 6. The molecule has 0 saturated carbocycles. The number of aliphatic imine (C=N–C) groups is 1. The van der Waals surface area contributed by atoms with Crippen LogP contribution in [0.15, 0.2) is 47.7 Å². The molecule has 0 aliphatic carbocycles. The van der Waals surface area contributed by atoms with Crippen LogP contribution in [0.2, 0.25) is 0 Å². The van der Waals surface area contributed by atoms with Gasteiger partial charge in [-0.05, 0) is 41.8 Å². The molecule has 3 aromatic rings. The fraction of sp³-hybridized carbons (Fsp3) is 0.263. The Kier molecular flexibility index (Phi) is 7.83. The Labute approximate surface area is 174 Å². The second-order valence-corrected chi connectivity index (χ2v) is 5.81. The van der Waals surface area contributed by atoms with E-state index in [-0.39, 0.29) is 29.8 Å².